The molecule has 2 aromatic heterocycles. The molecule has 36 heavy (non-hydrogen) atoms. The maximum Gasteiger partial charge on any atom is 0.403 e. The third kappa shape index (κ3) is 4.90. The number of benzene rings is 1. The highest BCUT2D eigenvalue weighted by Crippen LogP contribution is 2.53. The average molecular weight is 503 g/mol. The van der Waals surface area contributed by atoms with E-state index in [1.165, 1.54) is 24.5 Å². The number of alkyl halides is 3. The van der Waals surface area contributed by atoms with Gasteiger partial charge in [0, 0.05) is 11.6 Å². The SMILES string of the molecule is NC(=CC(=NCc1ccccc1F)c1ccon1)c1ncc(NC(=O)C2(C(F)(F)F)CCC2)c(N)n1. The van der Waals surface area contributed by atoms with Crippen molar-refractivity contribution in [3.63, 3.8) is 0 Å². The Balaban J connectivity index is 1.57. The number of anilines is 2. The molecule has 0 spiro atoms. The predicted octanol–water partition coefficient (Wildman–Crippen LogP) is 3.85. The Labute approximate surface area is 202 Å². The summed E-state index contributed by atoms with van der Waals surface area (Å²) in [6.07, 6.45) is -1.21. The number of nitrogens with two attached hydrogens (primary N) is 2. The molecule has 13 heteroatoms. The van der Waals surface area contributed by atoms with Crippen molar-refractivity contribution in [2.75, 3.05) is 11.1 Å². The third-order valence-corrected chi connectivity index (χ3v) is 5.88. The van der Waals surface area contributed by atoms with Crippen molar-refractivity contribution < 1.29 is 26.9 Å². The largest absolute Gasteiger partial charge is 0.403 e. The molecule has 0 unspecified atom stereocenters. The van der Waals surface area contributed by atoms with Gasteiger partial charge in [-0.25, -0.2) is 14.4 Å². The van der Waals surface area contributed by atoms with Crippen LogP contribution in [0.1, 0.15) is 36.3 Å². The molecular formula is C23H21F4N7O2. The first kappa shape index (κ1) is 24.8. The average Bonchev–Trinajstić information content (AvgIpc) is 3.32. The molecule has 5 N–H and O–H groups in total. The van der Waals surface area contributed by atoms with Crippen LogP contribution in [-0.2, 0) is 11.3 Å². The first-order valence-corrected chi connectivity index (χ1v) is 10.8. The van der Waals surface area contributed by atoms with Crippen molar-refractivity contribution >= 4 is 28.8 Å². The summed E-state index contributed by atoms with van der Waals surface area (Å²) in [4.78, 5) is 24.8. The van der Waals surface area contributed by atoms with E-state index in [2.05, 4.69) is 25.4 Å². The first-order valence-electron chi connectivity index (χ1n) is 10.8. The number of carbonyl (C=O) groups is 1. The van der Waals surface area contributed by atoms with Gasteiger partial charge in [0.15, 0.2) is 11.6 Å². The topological polar surface area (TPSA) is 145 Å². The summed E-state index contributed by atoms with van der Waals surface area (Å²) in [6, 6.07) is 7.64. The van der Waals surface area contributed by atoms with Crippen LogP contribution in [0, 0.1) is 11.2 Å². The molecule has 1 fully saturated rings. The van der Waals surface area contributed by atoms with Gasteiger partial charge in [-0.2, -0.15) is 13.2 Å². The molecule has 3 aromatic rings. The second-order valence-electron chi connectivity index (χ2n) is 8.16. The van der Waals surface area contributed by atoms with Crippen LogP contribution < -0.4 is 16.8 Å². The quantitative estimate of drug-likeness (QED) is 0.328. The molecule has 1 aliphatic rings. The minimum absolute atomic E-state index is 0.0133. The maximum atomic E-state index is 14.0. The Morgan fingerprint density at radius 2 is 2.00 bits per heavy atom. The fourth-order valence-corrected chi connectivity index (χ4v) is 3.60. The minimum atomic E-state index is -4.68. The number of halogens is 4. The number of nitrogens with zero attached hydrogens (tertiary/aromatic N) is 4. The van der Waals surface area contributed by atoms with Crippen molar-refractivity contribution in [2.24, 2.45) is 16.1 Å². The second-order valence-corrected chi connectivity index (χ2v) is 8.16. The molecule has 1 aromatic carbocycles. The van der Waals surface area contributed by atoms with Crippen LogP contribution in [0.3, 0.4) is 0 Å². The number of hydrogen-bond donors (Lipinski definition) is 3. The summed E-state index contributed by atoms with van der Waals surface area (Å²) in [5.74, 6) is -1.98. The number of rotatable bonds is 7. The molecule has 0 radical (unpaired) electrons. The van der Waals surface area contributed by atoms with Crippen LogP contribution in [0.2, 0.25) is 0 Å². The maximum absolute atomic E-state index is 14.0. The van der Waals surface area contributed by atoms with Gasteiger partial charge in [-0.05, 0) is 25.0 Å². The lowest BCUT2D eigenvalue weighted by atomic mass is 9.67. The van der Waals surface area contributed by atoms with E-state index in [0.717, 1.165) is 6.20 Å². The number of hydrogen-bond acceptors (Lipinski definition) is 8. The Morgan fingerprint density at radius 3 is 2.58 bits per heavy atom. The molecule has 1 aliphatic carbocycles. The van der Waals surface area contributed by atoms with E-state index in [0.29, 0.717) is 17.7 Å². The second kappa shape index (κ2) is 9.76. The van der Waals surface area contributed by atoms with Crippen LogP contribution in [0.4, 0.5) is 29.1 Å². The molecule has 1 saturated carbocycles. The summed E-state index contributed by atoms with van der Waals surface area (Å²) in [7, 11) is 0. The van der Waals surface area contributed by atoms with Crippen molar-refractivity contribution in [2.45, 2.75) is 32.0 Å². The summed E-state index contributed by atoms with van der Waals surface area (Å²) in [5, 5.41) is 6.00. The molecule has 0 bridgehead atoms. The highest BCUT2D eigenvalue weighted by Gasteiger charge is 2.63. The van der Waals surface area contributed by atoms with Gasteiger partial charge >= 0.3 is 6.18 Å². The molecule has 4 rings (SSSR count). The van der Waals surface area contributed by atoms with E-state index >= 15 is 0 Å². The first-order chi connectivity index (χ1) is 17.1. The van der Waals surface area contributed by atoms with Gasteiger partial charge < -0.3 is 21.3 Å². The van der Waals surface area contributed by atoms with Crippen LogP contribution in [-0.4, -0.2) is 32.9 Å². The Morgan fingerprint density at radius 1 is 1.25 bits per heavy atom. The number of nitrogens with one attached hydrogen (secondary N) is 1. The molecule has 188 valence electrons. The zero-order valence-electron chi connectivity index (χ0n) is 18.7. The van der Waals surface area contributed by atoms with E-state index in [1.807, 2.05) is 0 Å². The number of nitrogen functional groups attached to an aromatic ring is 1. The van der Waals surface area contributed by atoms with E-state index < -0.39 is 23.3 Å². The van der Waals surface area contributed by atoms with Crippen LogP contribution >= 0.6 is 0 Å². The van der Waals surface area contributed by atoms with E-state index in [1.54, 1.807) is 18.2 Å². The zero-order chi connectivity index (χ0) is 25.9. The van der Waals surface area contributed by atoms with Gasteiger partial charge in [0.2, 0.25) is 5.91 Å². The third-order valence-electron chi connectivity index (χ3n) is 5.88. The molecule has 2 heterocycles. The fourth-order valence-electron chi connectivity index (χ4n) is 3.60. The van der Waals surface area contributed by atoms with Gasteiger partial charge in [-0.3, -0.25) is 9.79 Å². The summed E-state index contributed by atoms with van der Waals surface area (Å²) >= 11 is 0. The molecule has 0 atom stereocenters. The summed E-state index contributed by atoms with van der Waals surface area (Å²) in [5.41, 5.74) is 10.2. The lowest BCUT2D eigenvalue weighted by molar-refractivity contribution is -0.240. The monoisotopic (exact) mass is 503 g/mol. The number of amides is 1. The van der Waals surface area contributed by atoms with Crippen molar-refractivity contribution in [3.05, 3.63) is 71.8 Å². The van der Waals surface area contributed by atoms with Crippen LogP contribution in [0.5, 0.6) is 0 Å². The highest BCUT2D eigenvalue weighted by molar-refractivity contribution is 6.10. The van der Waals surface area contributed by atoms with E-state index in [9.17, 15) is 22.4 Å². The van der Waals surface area contributed by atoms with Crippen molar-refractivity contribution in [1.29, 1.82) is 0 Å². The van der Waals surface area contributed by atoms with Gasteiger partial charge in [-0.1, -0.05) is 29.8 Å². The molecule has 9 nitrogen and oxygen atoms in total. The van der Waals surface area contributed by atoms with Crippen LogP contribution in [0.15, 0.2) is 58.4 Å². The molecular weight excluding hydrogens is 482 g/mol. The highest BCUT2D eigenvalue weighted by atomic mass is 19.4. The number of allylic oxidation sites excluding steroid dienone is 1. The number of aromatic nitrogens is 3. The fraction of sp³-hybridized carbons (Fsp3) is 0.261. The number of carbonyl (C=O) groups excluding carboxylic acids is 1. The molecule has 0 aliphatic heterocycles. The Bertz CT molecular complexity index is 1320. The smallest absolute Gasteiger partial charge is 0.396 e. The van der Waals surface area contributed by atoms with E-state index in [-0.39, 0.29) is 48.1 Å². The van der Waals surface area contributed by atoms with Gasteiger partial charge in [0.1, 0.15) is 28.9 Å². The normalized spacial score (nSPS) is 15.9. The Kier molecular flexibility index (Phi) is 6.73. The lowest BCUT2D eigenvalue weighted by Gasteiger charge is -2.41. The molecule has 0 saturated heterocycles. The lowest BCUT2D eigenvalue weighted by Crippen LogP contribution is -2.52. The van der Waals surface area contributed by atoms with Gasteiger partial charge in [0.05, 0.1) is 24.2 Å². The summed E-state index contributed by atoms with van der Waals surface area (Å²) < 4.78 is 59.1. The zero-order valence-corrected chi connectivity index (χ0v) is 18.7. The number of aliphatic imine (C=N–C) groups is 1. The van der Waals surface area contributed by atoms with Crippen molar-refractivity contribution in [3.8, 4) is 0 Å². The van der Waals surface area contributed by atoms with Crippen molar-refractivity contribution in [1.82, 2.24) is 15.1 Å². The predicted molar refractivity (Wildman–Crippen MR) is 123 cm³/mol. The van der Waals surface area contributed by atoms with Crippen LogP contribution in [0.25, 0.3) is 5.70 Å². The minimum Gasteiger partial charge on any atom is -0.396 e. The van der Waals surface area contributed by atoms with Gasteiger partial charge in [-0.15, -0.1) is 0 Å². The Hall–Kier alpha value is -4.29. The standard InChI is InChI=1S/C23H21F4N7O2/c24-14-5-2-1-4-13(14)11-30-17(16-6-9-36-34-16)10-15(28)20-31-12-18(19(29)33-20)32-21(35)22(7-3-8-22)23(25,26)27/h1-2,4-6,9-10,12H,3,7-8,11,28H2,(H,32,35)(H2,29,31,33). The molecule has 1 amide bonds. The van der Waals surface area contributed by atoms with Gasteiger partial charge in [0.25, 0.3) is 0 Å². The van der Waals surface area contributed by atoms with E-state index in [4.69, 9.17) is 16.0 Å². The summed E-state index contributed by atoms with van der Waals surface area (Å²) in [6.45, 7) is -0.0203.